The van der Waals surface area contributed by atoms with Gasteiger partial charge in [-0.1, -0.05) is 58.3 Å². The zero-order chi connectivity index (χ0) is 14.9. The topological polar surface area (TPSA) is 38.0 Å². The van der Waals surface area contributed by atoms with Gasteiger partial charge in [0.15, 0.2) is 0 Å². The molecule has 2 unspecified atom stereocenters. The summed E-state index contributed by atoms with van der Waals surface area (Å²) in [6, 6.07) is 0.230. The summed E-state index contributed by atoms with van der Waals surface area (Å²) in [6.45, 7) is 2.19. The highest BCUT2D eigenvalue weighted by Crippen LogP contribution is 2.26. The second-order valence-electron chi connectivity index (χ2n) is 6.54. The first-order chi connectivity index (χ1) is 10.3. The Kier molecular flexibility index (Phi) is 7.28. The molecule has 1 saturated carbocycles. The molecular formula is C18H32N2O. The summed E-state index contributed by atoms with van der Waals surface area (Å²) in [6.07, 6.45) is 18.3. The fourth-order valence-electron chi connectivity index (χ4n) is 3.54. The van der Waals surface area contributed by atoms with E-state index in [0.717, 1.165) is 37.9 Å². The van der Waals surface area contributed by atoms with Crippen molar-refractivity contribution in [2.45, 2.75) is 96.1 Å². The Morgan fingerprint density at radius 3 is 2.33 bits per heavy atom. The Bertz CT molecular complexity index is 388. The van der Waals surface area contributed by atoms with Crippen LogP contribution < -0.4 is 0 Å². The van der Waals surface area contributed by atoms with Crippen LogP contribution in [0.25, 0.3) is 0 Å². The van der Waals surface area contributed by atoms with Gasteiger partial charge in [0.1, 0.15) is 5.82 Å². The van der Waals surface area contributed by atoms with E-state index in [-0.39, 0.29) is 12.1 Å². The van der Waals surface area contributed by atoms with Crippen LogP contribution in [0.4, 0.5) is 0 Å². The average molecular weight is 292 g/mol. The summed E-state index contributed by atoms with van der Waals surface area (Å²) in [5.74, 6) is 1.15. The minimum Gasteiger partial charge on any atom is -0.391 e. The minimum atomic E-state index is -0.214. The Hall–Kier alpha value is -0.830. The Morgan fingerprint density at radius 1 is 1.05 bits per heavy atom. The van der Waals surface area contributed by atoms with Gasteiger partial charge in [-0.05, 0) is 19.3 Å². The predicted molar refractivity (Wildman–Crippen MR) is 87.4 cm³/mol. The molecular weight excluding hydrogens is 260 g/mol. The van der Waals surface area contributed by atoms with Crippen LogP contribution >= 0.6 is 0 Å². The van der Waals surface area contributed by atoms with E-state index in [4.69, 9.17) is 0 Å². The molecule has 1 N–H and O–H groups in total. The SMILES string of the molecule is CCCc1nccn1C1CCCCCCCCCCC1O. The van der Waals surface area contributed by atoms with Crippen molar-refractivity contribution in [3.63, 3.8) is 0 Å². The summed E-state index contributed by atoms with van der Waals surface area (Å²) < 4.78 is 2.26. The fourth-order valence-corrected chi connectivity index (χ4v) is 3.54. The molecule has 120 valence electrons. The van der Waals surface area contributed by atoms with E-state index >= 15 is 0 Å². The van der Waals surface area contributed by atoms with Gasteiger partial charge in [-0.2, -0.15) is 0 Å². The molecule has 2 atom stereocenters. The Labute approximate surface area is 129 Å². The first-order valence-corrected chi connectivity index (χ1v) is 9.02. The third-order valence-electron chi connectivity index (χ3n) is 4.77. The van der Waals surface area contributed by atoms with Crippen LogP contribution in [0.3, 0.4) is 0 Å². The fraction of sp³-hybridized carbons (Fsp3) is 0.833. The smallest absolute Gasteiger partial charge is 0.108 e. The number of aryl methyl sites for hydroxylation is 1. The molecule has 0 saturated heterocycles. The number of hydrogen-bond acceptors (Lipinski definition) is 2. The van der Waals surface area contributed by atoms with Gasteiger partial charge in [0.25, 0.3) is 0 Å². The van der Waals surface area contributed by atoms with E-state index in [1.165, 1.54) is 44.9 Å². The summed E-state index contributed by atoms with van der Waals surface area (Å²) in [4.78, 5) is 4.50. The van der Waals surface area contributed by atoms with Gasteiger partial charge in [0.05, 0.1) is 12.1 Å². The molecule has 1 aromatic heterocycles. The van der Waals surface area contributed by atoms with Crippen molar-refractivity contribution < 1.29 is 5.11 Å². The second kappa shape index (κ2) is 9.24. The first-order valence-electron chi connectivity index (χ1n) is 9.02. The van der Waals surface area contributed by atoms with Crippen molar-refractivity contribution in [1.82, 2.24) is 9.55 Å². The molecule has 1 heterocycles. The molecule has 0 amide bonds. The lowest BCUT2D eigenvalue weighted by Crippen LogP contribution is -2.25. The van der Waals surface area contributed by atoms with E-state index in [0.29, 0.717) is 0 Å². The number of aliphatic hydroxyl groups is 1. The number of imidazole rings is 1. The van der Waals surface area contributed by atoms with E-state index in [1.807, 2.05) is 6.20 Å². The molecule has 0 radical (unpaired) electrons. The van der Waals surface area contributed by atoms with Crippen LogP contribution in [-0.4, -0.2) is 20.8 Å². The highest BCUT2D eigenvalue weighted by molar-refractivity contribution is 4.97. The minimum absolute atomic E-state index is 0.214. The number of rotatable bonds is 3. The van der Waals surface area contributed by atoms with Gasteiger partial charge < -0.3 is 9.67 Å². The Morgan fingerprint density at radius 2 is 1.67 bits per heavy atom. The maximum atomic E-state index is 10.7. The van der Waals surface area contributed by atoms with E-state index in [2.05, 4.69) is 22.7 Å². The molecule has 2 rings (SSSR count). The van der Waals surface area contributed by atoms with Gasteiger partial charge in [0.2, 0.25) is 0 Å². The van der Waals surface area contributed by atoms with E-state index in [1.54, 1.807) is 0 Å². The lowest BCUT2D eigenvalue weighted by atomic mass is 9.95. The van der Waals surface area contributed by atoms with Crippen molar-refractivity contribution in [1.29, 1.82) is 0 Å². The van der Waals surface area contributed by atoms with Crippen molar-refractivity contribution in [2.75, 3.05) is 0 Å². The first kappa shape index (κ1) is 16.5. The van der Waals surface area contributed by atoms with Gasteiger partial charge in [-0.3, -0.25) is 0 Å². The summed E-state index contributed by atoms with van der Waals surface area (Å²) in [5.41, 5.74) is 0. The average Bonchev–Trinajstić information content (AvgIpc) is 2.91. The molecule has 1 aliphatic rings. The quantitative estimate of drug-likeness (QED) is 0.880. The highest BCUT2D eigenvalue weighted by Gasteiger charge is 2.22. The summed E-state index contributed by atoms with van der Waals surface area (Å²) in [7, 11) is 0. The Balaban J connectivity index is 2.05. The molecule has 1 fully saturated rings. The van der Waals surface area contributed by atoms with Crippen LogP contribution in [0.5, 0.6) is 0 Å². The molecule has 21 heavy (non-hydrogen) atoms. The summed E-state index contributed by atoms with van der Waals surface area (Å²) in [5, 5.41) is 10.7. The van der Waals surface area contributed by atoms with Crippen molar-refractivity contribution in [2.24, 2.45) is 0 Å². The van der Waals surface area contributed by atoms with Crippen molar-refractivity contribution in [3.8, 4) is 0 Å². The van der Waals surface area contributed by atoms with Crippen LogP contribution in [0.15, 0.2) is 12.4 Å². The van der Waals surface area contributed by atoms with Crippen LogP contribution in [-0.2, 0) is 6.42 Å². The second-order valence-corrected chi connectivity index (χ2v) is 6.54. The van der Waals surface area contributed by atoms with Crippen LogP contribution in [0.1, 0.15) is 89.4 Å². The van der Waals surface area contributed by atoms with Gasteiger partial charge >= 0.3 is 0 Å². The normalized spacial score (nSPS) is 26.0. The molecule has 0 aliphatic heterocycles. The maximum absolute atomic E-state index is 10.7. The van der Waals surface area contributed by atoms with E-state index in [9.17, 15) is 5.11 Å². The standard InChI is InChI=1S/C18H32N2O/c1-2-11-18-19-14-15-20(18)16-12-9-7-5-3-4-6-8-10-13-17(16)21/h14-17,21H,2-13H2,1H3. The van der Waals surface area contributed by atoms with Crippen molar-refractivity contribution in [3.05, 3.63) is 18.2 Å². The highest BCUT2D eigenvalue weighted by atomic mass is 16.3. The monoisotopic (exact) mass is 292 g/mol. The third kappa shape index (κ3) is 5.14. The van der Waals surface area contributed by atoms with Gasteiger partial charge in [-0.15, -0.1) is 0 Å². The van der Waals surface area contributed by atoms with Gasteiger partial charge in [0, 0.05) is 18.8 Å². The predicted octanol–water partition coefficient (Wildman–Crippen LogP) is 4.65. The lowest BCUT2D eigenvalue weighted by molar-refractivity contribution is 0.0922. The molecule has 3 heteroatoms. The molecule has 0 aromatic carbocycles. The van der Waals surface area contributed by atoms with Crippen LogP contribution in [0.2, 0.25) is 0 Å². The number of hydrogen-bond donors (Lipinski definition) is 1. The van der Waals surface area contributed by atoms with E-state index < -0.39 is 0 Å². The molecule has 1 aromatic rings. The lowest BCUT2D eigenvalue weighted by Gasteiger charge is -2.26. The zero-order valence-electron chi connectivity index (χ0n) is 13.6. The number of nitrogens with zero attached hydrogens (tertiary/aromatic N) is 2. The summed E-state index contributed by atoms with van der Waals surface area (Å²) >= 11 is 0. The molecule has 0 bridgehead atoms. The molecule has 0 spiro atoms. The largest absolute Gasteiger partial charge is 0.391 e. The van der Waals surface area contributed by atoms with Crippen molar-refractivity contribution >= 4 is 0 Å². The van der Waals surface area contributed by atoms with Gasteiger partial charge in [-0.25, -0.2) is 4.98 Å². The maximum Gasteiger partial charge on any atom is 0.108 e. The number of aromatic nitrogens is 2. The van der Waals surface area contributed by atoms with Crippen LogP contribution in [0, 0.1) is 0 Å². The third-order valence-corrected chi connectivity index (χ3v) is 4.77. The number of aliphatic hydroxyl groups excluding tert-OH is 1. The molecule has 3 nitrogen and oxygen atoms in total. The zero-order valence-corrected chi connectivity index (χ0v) is 13.6. The molecule has 1 aliphatic carbocycles.